The number of para-hydroxylation sites is 1. The van der Waals surface area contributed by atoms with Crippen LogP contribution < -0.4 is 9.47 Å². The minimum absolute atomic E-state index is 0.0998. The number of hydrogen-bond acceptors (Lipinski definition) is 5. The molecule has 0 saturated heterocycles. The Balaban J connectivity index is 1.78. The number of nitrogens with zero attached hydrogens (tertiary/aromatic N) is 2. The van der Waals surface area contributed by atoms with Crippen molar-refractivity contribution in [1.82, 2.24) is 9.88 Å². The first-order valence-electron chi connectivity index (χ1n) is 8.29. The molecule has 0 radical (unpaired) electrons. The summed E-state index contributed by atoms with van der Waals surface area (Å²) in [5, 5.41) is 0.815. The lowest BCUT2D eigenvalue weighted by molar-refractivity contribution is -0.0514. The van der Waals surface area contributed by atoms with Crippen molar-refractivity contribution < 1.29 is 23.0 Å². The molecule has 0 aliphatic heterocycles. The molecule has 0 unspecified atom stereocenters. The normalized spacial score (nSPS) is 11.0. The smallest absolute Gasteiger partial charge is 0.387 e. The molecule has 3 aromatic rings. The zero-order valence-corrected chi connectivity index (χ0v) is 15.6. The van der Waals surface area contributed by atoms with Gasteiger partial charge in [-0.15, -0.1) is 11.3 Å². The molecular formula is C19H18F2N2O3S. The number of ether oxygens (including phenoxy) is 2. The first-order valence-corrected chi connectivity index (χ1v) is 9.11. The average Bonchev–Trinajstić information content (AvgIpc) is 3.04. The van der Waals surface area contributed by atoms with Gasteiger partial charge in [0.1, 0.15) is 5.01 Å². The summed E-state index contributed by atoms with van der Waals surface area (Å²) in [6, 6.07) is 11.9. The van der Waals surface area contributed by atoms with Crippen LogP contribution in [0.3, 0.4) is 0 Å². The summed E-state index contributed by atoms with van der Waals surface area (Å²) in [6.45, 7) is -0.636. The number of carbonyl (C=O) groups is 1. The molecule has 0 N–H and O–H groups in total. The van der Waals surface area contributed by atoms with E-state index in [-0.39, 0.29) is 24.0 Å². The van der Waals surface area contributed by atoms with Crippen LogP contribution in [0.25, 0.3) is 10.2 Å². The molecule has 3 rings (SSSR count). The number of benzene rings is 2. The van der Waals surface area contributed by atoms with Crippen molar-refractivity contribution in [1.29, 1.82) is 0 Å². The van der Waals surface area contributed by atoms with E-state index in [2.05, 4.69) is 9.72 Å². The standard InChI is InChI=1S/C19H18F2N2O3S/c1-3-25-15-10-12(8-9-14(15)26-19(20)21)18(24)23(2)11-17-22-13-6-4-5-7-16(13)27-17/h4-10,19H,3,11H2,1-2H3. The fourth-order valence-corrected chi connectivity index (χ4v) is 3.61. The first-order chi connectivity index (χ1) is 13.0. The van der Waals surface area contributed by atoms with Crippen LogP contribution in [0.2, 0.25) is 0 Å². The Hall–Kier alpha value is -2.74. The lowest BCUT2D eigenvalue weighted by Crippen LogP contribution is -2.26. The van der Waals surface area contributed by atoms with Gasteiger partial charge >= 0.3 is 6.61 Å². The Morgan fingerprint density at radius 2 is 2.00 bits per heavy atom. The van der Waals surface area contributed by atoms with Crippen molar-refractivity contribution in [3.63, 3.8) is 0 Å². The first kappa shape index (κ1) is 19.0. The van der Waals surface area contributed by atoms with E-state index in [0.29, 0.717) is 12.1 Å². The third kappa shape index (κ3) is 4.51. The van der Waals surface area contributed by atoms with Crippen LogP contribution in [0.15, 0.2) is 42.5 Å². The van der Waals surface area contributed by atoms with Gasteiger partial charge in [-0.1, -0.05) is 12.1 Å². The van der Waals surface area contributed by atoms with Crippen LogP contribution >= 0.6 is 11.3 Å². The minimum atomic E-state index is -2.97. The van der Waals surface area contributed by atoms with E-state index in [1.54, 1.807) is 14.0 Å². The topological polar surface area (TPSA) is 51.7 Å². The van der Waals surface area contributed by atoms with Crippen molar-refractivity contribution in [2.75, 3.05) is 13.7 Å². The monoisotopic (exact) mass is 392 g/mol. The van der Waals surface area contributed by atoms with Crippen LogP contribution in [0.1, 0.15) is 22.3 Å². The highest BCUT2D eigenvalue weighted by Gasteiger charge is 2.18. The number of carbonyl (C=O) groups excluding carboxylic acids is 1. The number of fused-ring (bicyclic) bond motifs is 1. The SMILES string of the molecule is CCOc1cc(C(=O)N(C)Cc2nc3ccccc3s2)ccc1OC(F)F. The van der Waals surface area contributed by atoms with E-state index < -0.39 is 6.61 Å². The molecule has 5 nitrogen and oxygen atoms in total. The Morgan fingerprint density at radius 3 is 2.70 bits per heavy atom. The molecule has 1 amide bonds. The predicted molar refractivity (Wildman–Crippen MR) is 99.7 cm³/mol. The fraction of sp³-hybridized carbons (Fsp3) is 0.263. The van der Waals surface area contributed by atoms with Crippen LogP contribution in [0, 0.1) is 0 Å². The molecule has 142 valence electrons. The van der Waals surface area contributed by atoms with Gasteiger partial charge in [-0.25, -0.2) is 4.98 Å². The number of halogens is 2. The summed E-state index contributed by atoms with van der Waals surface area (Å²) in [6.07, 6.45) is 0. The molecule has 0 saturated carbocycles. The Morgan fingerprint density at radius 1 is 1.22 bits per heavy atom. The van der Waals surface area contributed by atoms with E-state index in [1.165, 1.54) is 34.4 Å². The van der Waals surface area contributed by atoms with Crippen LogP contribution in [0.4, 0.5) is 8.78 Å². The molecule has 1 aromatic heterocycles. The molecule has 0 bridgehead atoms. The second kappa shape index (κ2) is 8.30. The third-order valence-electron chi connectivity index (χ3n) is 3.76. The van der Waals surface area contributed by atoms with Crippen LogP contribution in [0.5, 0.6) is 11.5 Å². The minimum Gasteiger partial charge on any atom is -0.490 e. The van der Waals surface area contributed by atoms with Crippen molar-refractivity contribution in [2.24, 2.45) is 0 Å². The molecule has 0 aliphatic carbocycles. The number of rotatable bonds is 7. The van der Waals surface area contributed by atoms with Crippen molar-refractivity contribution in [2.45, 2.75) is 20.1 Å². The largest absolute Gasteiger partial charge is 0.490 e. The maximum atomic E-state index is 12.7. The zero-order chi connectivity index (χ0) is 19.4. The summed E-state index contributed by atoms with van der Waals surface area (Å²) in [5.41, 5.74) is 1.22. The van der Waals surface area contributed by atoms with Crippen LogP contribution in [-0.4, -0.2) is 36.1 Å². The zero-order valence-electron chi connectivity index (χ0n) is 14.8. The molecule has 0 atom stereocenters. The lowest BCUT2D eigenvalue weighted by Gasteiger charge is -2.17. The van der Waals surface area contributed by atoms with E-state index >= 15 is 0 Å². The van der Waals surface area contributed by atoms with Crippen molar-refractivity contribution >= 4 is 27.5 Å². The van der Waals surface area contributed by atoms with Gasteiger partial charge in [0.05, 0.1) is 23.4 Å². The molecule has 2 aromatic carbocycles. The Labute approximate surface area is 159 Å². The number of hydrogen-bond donors (Lipinski definition) is 0. The summed E-state index contributed by atoms with van der Waals surface area (Å²) < 4.78 is 35.8. The molecule has 0 spiro atoms. The van der Waals surface area contributed by atoms with Gasteiger partial charge in [-0.05, 0) is 37.3 Å². The highest BCUT2D eigenvalue weighted by molar-refractivity contribution is 7.18. The summed E-state index contributed by atoms with van der Waals surface area (Å²) >= 11 is 1.53. The third-order valence-corrected chi connectivity index (χ3v) is 4.79. The quantitative estimate of drug-likeness (QED) is 0.591. The summed E-state index contributed by atoms with van der Waals surface area (Å²) in [4.78, 5) is 18.8. The summed E-state index contributed by atoms with van der Waals surface area (Å²) in [7, 11) is 1.66. The van der Waals surface area contributed by atoms with Gasteiger partial charge in [0.15, 0.2) is 11.5 Å². The number of amides is 1. The molecule has 1 heterocycles. The van der Waals surface area contributed by atoms with Crippen molar-refractivity contribution in [3.8, 4) is 11.5 Å². The number of thiazole rings is 1. The molecule has 0 aliphatic rings. The van der Waals surface area contributed by atoms with Gasteiger partial charge in [0.2, 0.25) is 0 Å². The van der Waals surface area contributed by atoms with E-state index in [1.807, 2.05) is 24.3 Å². The highest BCUT2D eigenvalue weighted by atomic mass is 32.1. The van der Waals surface area contributed by atoms with Gasteiger partial charge in [-0.3, -0.25) is 4.79 Å². The number of aromatic nitrogens is 1. The van der Waals surface area contributed by atoms with Gasteiger partial charge in [0, 0.05) is 12.6 Å². The van der Waals surface area contributed by atoms with Crippen molar-refractivity contribution in [3.05, 3.63) is 53.0 Å². The maximum absolute atomic E-state index is 12.7. The Bertz CT molecular complexity index is 913. The summed E-state index contributed by atoms with van der Waals surface area (Å²) in [5.74, 6) is -0.256. The second-order valence-electron chi connectivity index (χ2n) is 5.71. The van der Waals surface area contributed by atoms with Gasteiger partial charge in [-0.2, -0.15) is 8.78 Å². The van der Waals surface area contributed by atoms with E-state index in [4.69, 9.17) is 4.74 Å². The maximum Gasteiger partial charge on any atom is 0.387 e. The lowest BCUT2D eigenvalue weighted by atomic mass is 10.1. The van der Waals surface area contributed by atoms with E-state index in [0.717, 1.165) is 15.2 Å². The average molecular weight is 392 g/mol. The Kier molecular flexibility index (Phi) is 5.85. The van der Waals surface area contributed by atoms with E-state index in [9.17, 15) is 13.6 Å². The molecule has 0 fully saturated rings. The van der Waals surface area contributed by atoms with Gasteiger partial charge < -0.3 is 14.4 Å². The molecule has 27 heavy (non-hydrogen) atoms. The number of alkyl halides is 2. The fourth-order valence-electron chi connectivity index (χ4n) is 2.59. The van der Waals surface area contributed by atoms with Gasteiger partial charge in [0.25, 0.3) is 5.91 Å². The highest BCUT2D eigenvalue weighted by Crippen LogP contribution is 2.30. The molecule has 8 heteroatoms. The molecular weight excluding hydrogens is 374 g/mol. The van der Waals surface area contributed by atoms with Crippen LogP contribution in [-0.2, 0) is 6.54 Å². The second-order valence-corrected chi connectivity index (χ2v) is 6.82. The predicted octanol–water partition coefficient (Wildman–Crippen LogP) is 4.57.